The van der Waals surface area contributed by atoms with Gasteiger partial charge < -0.3 is 15.5 Å². The van der Waals surface area contributed by atoms with Crippen molar-refractivity contribution in [3.8, 4) is 0 Å². The van der Waals surface area contributed by atoms with Gasteiger partial charge in [0.25, 0.3) is 0 Å². The molecule has 0 aromatic heterocycles. The summed E-state index contributed by atoms with van der Waals surface area (Å²) in [7, 11) is 0. The predicted molar refractivity (Wildman–Crippen MR) is 55.0 cm³/mol. The van der Waals surface area contributed by atoms with Crippen molar-refractivity contribution in [1.29, 1.82) is 0 Å². The molecule has 0 spiro atoms. The lowest BCUT2D eigenvalue weighted by Crippen LogP contribution is -2.48. The molecule has 0 aliphatic rings. The summed E-state index contributed by atoms with van der Waals surface area (Å²) in [5.74, 6) is -2.72. The van der Waals surface area contributed by atoms with Gasteiger partial charge in [-0.25, -0.2) is 0 Å². The molecule has 0 saturated carbocycles. The van der Waals surface area contributed by atoms with Crippen molar-refractivity contribution in [2.75, 3.05) is 19.6 Å². The molecule has 0 heterocycles. The van der Waals surface area contributed by atoms with Gasteiger partial charge in [-0.2, -0.15) is 0 Å². The Morgan fingerprint density at radius 2 is 1.62 bits per heavy atom. The van der Waals surface area contributed by atoms with Crippen molar-refractivity contribution in [2.24, 2.45) is 0 Å². The number of aliphatic carboxylic acids is 2. The quantitative estimate of drug-likeness (QED) is 0.518. The smallest absolute Gasteiger partial charge is 0.317 e. The van der Waals surface area contributed by atoms with Crippen molar-refractivity contribution in [3.63, 3.8) is 0 Å². The van der Waals surface area contributed by atoms with Gasteiger partial charge in [0, 0.05) is 6.54 Å². The molecule has 1 amide bonds. The van der Waals surface area contributed by atoms with Crippen LogP contribution in [0.5, 0.6) is 0 Å². The Morgan fingerprint density at radius 1 is 1.19 bits per heavy atom. The molecule has 92 valence electrons. The second kappa shape index (κ2) is 6.78. The van der Waals surface area contributed by atoms with Crippen molar-refractivity contribution in [1.82, 2.24) is 10.2 Å². The van der Waals surface area contributed by atoms with Gasteiger partial charge in [0.15, 0.2) is 0 Å². The molecule has 7 nitrogen and oxygen atoms in total. The SMILES string of the molecule is CCNC(=O)C(C)N(CC(=O)O)CC(=O)O. The van der Waals surface area contributed by atoms with E-state index in [0.717, 1.165) is 4.90 Å². The molecular weight excluding hydrogens is 216 g/mol. The predicted octanol–water partition coefficient (Wildman–Crippen LogP) is -1.02. The number of nitrogens with one attached hydrogen (secondary N) is 1. The second-order valence-corrected chi connectivity index (χ2v) is 3.26. The number of hydrogen-bond donors (Lipinski definition) is 3. The van der Waals surface area contributed by atoms with Crippen molar-refractivity contribution >= 4 is 17.8 Å². The van der Waals surface area contributed by atoms with Crippen molar-refractivity contribution < 1.29 is 24.6 Å². The van der Waals surface area contributed by atoms with E-state index in [1.165, 1.54) is 6.92 Å². The maximum absolute atomic E-state index is 11.4. The molecule has 7 heteroatoms. The summed E-state index contributed by atoms with van der Waals surface area (Å²) in [6, 6.07) is -0.785. The molecule has 1 atom stereocenters. The van der Waals surface area contributed by atoms with Crippen LogP contribution in [0.1, 0.15) is 13.8 Å². The van der Waals surface area contributed by atoms with Crippen LogP contribution in [0.25, 0.3) is 0 Å². The standard InChI is InChI=1S/C9H16N2O5/c1-3-10-9(16)6(2)11(4-7(12)13)5-8(14)15/h6H,3-5H2,1-2H3,(H,10,16)(H,12,13)(H,14,15). The van der Waals surface area contributed by atoms with Crippen LogP contribution in [0.2, 0.25) is 0 Å². The third-order valence-corrected chi connectivity index (χ3v) is 1.95. The molecular formula is C9H16N2O5. The lowest BCUT2D eigenvalue weighted by molar-refractivity contribution is -0.143. The number of nitrogens with zero attached hydrogens (tertiary/aromatic N) is 1. The van der Waals surface area contributed by atoms with E-state index >= 15 is 0 Å². The normalized spacial score (nSPS) is 12.2. The average molecular weight is 232 g/mol. The third-order valence-electron chi connectivity index (χ3n) is 1.95. The van der Waals surface area contributed by atoms with Gasteiger partial charge in [-0.05, 0) is 13.8 Å². The zero-order valence-corrected chi connectivity index (χ0v) is 9.27. The molecule has 1 unspecified atom stereocenters. The highest BCUT2D eigenvalue weighted by Crippen LogP contribution is 1.99. The van der Waals surface area contributed by atoms with E-state index in [4.69, 9.17) is 10.2 Å². The maximum atomic E-state index is 11.4. The molecule has 0 rings (SSSR count). The zero-order valence-electron chi connectivity index (χ0n) is 9.27. The fraction of sp³-hybridized carbons (Fsp3) is 0.667. The second-order valence-electron chi connectivity index (χ2n) is 3.26. The molecule has 0 aliphatic heterocycles. The Morgan fingerprint density at radius 3 is 1.94 bits per heavy atom. The molecule has 0 aliphatic carbocycles. The van der Waals surface area contributed by atoms with Crippen LogP contribution >= 0.6 is 0 Å². The molecule has 0 bridgehead atoms. The van der Waals surface area contributed by atoms with Crippen LogP contribution in [-0.2, 0) is 14.4 Å². The number of rotatable bonds is 7. The monoisotopic (exact) mass is 232 g/mol. The summed E-state index contributed by atoms with van der Waals surface area (Å²) < 4.78 is 0. The van der Waals surface area contributed by atoms with Crippen molar-refractivity contribution in [2.45, 2.75) is 19.9 Å². The fourth-order valence-electron chi connectivity index (χ4n) is 1.16. The van der Waals surface area contributed by atoms with E-state index in [1.54, 1.807) is 6.92 Å². The highest BCUT2D eigenvalue weighted by atomic mass is 16.4. The Balaban J connectivity index is 4.53. The molecule has 0 radical (unpaired) electrons. The molecule has 0 aromatic rings. The van der Waals surface area contributed by atoms with Gasteiger partial charge in [-0.3, -0.25) is 19.3 Å². The van der Waals surface area contributed by atoms with E-state index < -0.39 is 31.1 Å². The lowest BCUT2D eigenvalue weighted by atomic mass is 10.2. The number of carbonyl (C=O) groups is 3. The molecule has 0 aromatic carbocycles. The Kier molecular flexibility index (Phi) is 6.09. The van der Waals surface area contributed by atoms with E-state index in [0.29, 0.717) is 6.54 Å². The molecule has 0 fully saturated rings. The number of likely N-dealkylation sites (N-methyl/N-ethyl adjacent to an activating group) is 1. The Labute approximate surface area is 93.0 Å². The first kappa shape index (κ1) is 14.4. The number of carboxylic acid groups (broad SMARTS) is 2. The first-order valence-electron chi connectivity index (χ1n) is 4.83. The Bertz CT molecular complexity index is 263. The van der Waals surface area contributed by atoms with Crippen LogP contribution in [0.3, 0.4) is 0 Å². The molecule has 3 N–H and O–H groups in total. The minimum Gasteiger partial charge on any atom is -0.480 e. The molecule has 16 heavy (non-hydrogen) atoms. The van der Waals surface area contributed by atoms with Gasteiger partial charge in [0.1, 0.15) is 0 Å². The summed E-state index contributed by atoms with van der Waals surface area (Å²) in [5, 5.41) is 19.7. The van der Waals surface area contributed by atoms with Gasteiger partial charge in [-0.1, -0.05) is 0 Å². The highest BCUT2D eigenvalue weighted by Gasteiger charge is 2.24. The Hall–Kier alpha value is -1.63. The minimum absolute atomic E-state index is 0.384. The summed E-state index contributed by atoms with van der Waals surface area (Å²) in [6.45, 7) is 2.65. The van der Waals surface area contributed by atoms with Crippen LogP contribution in [0, 0.1) is 0 Å². The zero-order chi connectivity index (χ0) is 12.7. The summed E-state index contributed by atoms with van der Waals surface area (Å²) in [6.07, 6.45) is 0. The fourth-order valence-corrected chi connectivity index (χ4v) is 1.16. The van der Waals surface area contributed by atoms with Gasteiger partial charge in [0.2, 0.25) is 5.91 Å². The minimum atomic E-state index is -1.17. The van der Waals surface area contributed by atoms with E-state index in [2.05, 4.69) is 5.32 Å². The van der Waals surface area contributed by atoms with Crippen LogP contribution in [0.4, 0.5) is 0 Å². The lowest BCUT2D eigenvalue weighted by Gasteiger charge is -2.24. The highest BCUT2D eigenvalue weighted by molar-refractivity contribution is 5.83. The summed E-state index contributed by atoms with van der Waals surface area (Å²) >= 11 is 0. The summed E-state index contributed by atoms with van der Waals surface area (Å²) in [5.41, 5.74) is 0. The van der Waals surface area contributed by atoms with Crippen LogP contribution < -0.4 is 5.32 Å². The number of hydrogen-bond acceptors (Lipinski definition) is 4. The van der Waals surface area contributed by atoms with Crippen LogP contribution in [-0.4, -0.2) is 58.6 Å². The first-order valence-corrected chi connectivity index (χ1v) is 4.83. The largest absolute Gasteiger partial charge is 0.480 e. The average Bonchev–Trinajstić information content (AvgIpc) is 2.14. The van der Waals surface area contributed by atoms with Gasteiger partial charge in [-0.15, -0.1) is 0 Å². The first-order chi connectivity index (χ1) is 7.38. The topological polar surface area (TPSA) is 107 Å². The number of amides is 1. The van der Waals surface area contributed by atoms with Gasteiger partial charge >= 0.3 is 11.9 Å². The number of carbonyl (C=O) groups excluding carboxylic acids is 1. The third kappa shape index (κ3) is 5.30. The van der Waals surface area contributed by atoms with Crippen molar-refractivity contribution in [3.05, 3.63) is 0 Å². The molecule has 0 saturated heterocycles. The maximum Gasteiger partial charge on any atom is 0.317 e. The summed E-state index contributed by atoms with van der Waals surface area (Å²) in [4.78, 5) is 33.5. The van der Waals surface area contributed by atoms with Gasteiger partial charge in [0.05, 0.1) is 19.1 Å². The van der Waals surface area contributed by atoms with E-state index in [-0.39, 0.29) is 5.91 Å². The van der Waals surface area contributed by atoms with E-state index in [1.807, 2.05) is 0 Å². The number of carboxylic acids is 2. The van der Waals surface area contributed by atoms with Crippen LogP contribution in [0.15, 0.2) is 0 Å². The van der Waals surface area contributed by atoms with E-state index in [9.17, 15) is 14.4 Å².